The number of nitrogens with one attached hydrogen (secondary N) is 1. The molecule has 1 aliphatic rings. The standard InChI is InChI=1S/C12H20N4O3S/c1-10-8-14-16(9-10)11(2)12(17)13-4-6-15-5-3-7-20(15,18)19/h8-9,11H,3-7H2,1-2H3,(H,13,17). The molecule has 1 aliphatic heterocycles. The van der Waals surface area contributed by atoms with Crippen molar-refractivity contribution in [2.24, 2.45) is 0 Å². The second-order valence-electron chi connectivity index (χ2n) is 5.03. The van der Waals surface area contributed by atoms with Crippen LogP contribution in [0.3, 0.4) is 0 Å². The highest BCUT2D eigenvalue weighted by Gasteiger charge is 2.27. The van der Waals surface area contributed by atoms with Crippen molar-refractivity contribution in [2.45, 2.75) is 26.3 Å². The van der Waals surface area contributed by atoms with Gasteiger partial charge in [0.2, 0.25) is 15.9 Å². The molecule has 2 heterocycles. The van der Waals surface area contributed by atoms with E-state index in [1.54, 1.807) is 24.0 Å². The SMILES string of the molecule is Cc1cnn(C(C)C(=O)NCCN2CCCS2(=O)=O)c1. The Morgan fingerprint density at radius 2 is 2.30 bits per heavy atom. The van der Waals surface area contributed by atoms with Crippen molar-refractivity contribution in [2.75, 3.05) is 25.4 Å². The number of aryl methyl sites for hydroxylation is 1. The molecule has 0 radical (unpaired) electrons. The van der Waals surface area contributed by atoms with E-state index in [0.29, 0.717) is 26.1 Å². The van der Waals surface area contributed by atoms with Gasteiger partial charge in [0.1, 0.15) is 6.04 Å². The number of carbonyl (C=O) groups is 1. The van der Waals surface area contributed by atoms with Gasteiger partial charge in [-0.15, -0.1) is 0 Å². The van der Waals surface area contributed by atoms with Gasteiger partial charge in [-0.3, -0.25) is 9.48 Å². The molecule has 2 rings (SSSR count). The Kier molecular flexibility index (Phi) is 4.44. The summed E-state index contributed by atoms with van der Waals surface area (Å²) in [6.45, 7) is 4.87. The summed E-state index contributed by atoms with van der Waals surface area (Å²) in [5.41, 5.74) is 0.993. The molecule has 112 valence electrons. The van der Waals surface area contributed by atoms with Crippen LogP contribution in [0, 0.1) is 6.92 Å². The predicted octanol–water partition coefficient (Wildman–Crippen LogP) is -0.0958. The van der Waals surface area contributed by atoms with Gasteiger partial charge in [0.25, 0.3) is 0 Å². The van der Waals surface area contributed by atoms with Crippen molar-refractivity contribution in [1.82, 2.24) is 19.4 Å². The van der Waals surface area contributed by atoms with E-state index in [4.69, 9.17) is 0 Å². The molecular weight excluding hydrogens is 280 g/mol. The van der Waals surface area contributed by atoms with E-state index in [1.165, 1.54) is 4.31 Å². The zero-order valence-electron chi connectivity index (χ0n) is 11.7. The Bertz CT molecular complexity index is 581. The van der Waals surface area contributed by atoms with Crippen molar-refractivity contribution in [3.05, 3.63) is 18.0 Å². The van der Waals surface area contributed by atoms with Crippen LogP contribution < -0.4 is 5.32 Å². The first kappa shape index (κ1) is 15.0. The number of rotatable bonds is 5. The summed E-state index contributed by atoms with van der Waals surface area (Å²) in [6.07, 6.45) is 4.16. The van der Waals surface area contributed by atoms with Gasteiger partial charge >= 0.3 is 0 Å². The second kappa shape index (κ2) is 5.92. The molecule has 1 unspecified atom stereocenters. The lowest BCUT2D eigenvalue weighted by atomic mass is 10.3. The number of amides is 1. The lowest BCUT2D eigenvalue weighted by molar-refractivity contribution is -0.124. The molecule has 0 spiro atoms. The minimum atomic E-state index is -3.09. The maximum atomic E-state index is 11.9. The minimum absolute atomic E-state index is 0.162. The molecule has 0 aliphatic carbocycles. The van der Waals surface area contributed by atoms with Crippen molar-refractivity contribution in [3.63, 3.8) is 0 Å². The highest BCUT2D eigenvalue weighted by atomic mass is 32.2. The van der Waals surface area contributed by atoms with Crippen LogP contribution in [0.15, 0.2) is 12.4 Å². The van der Waals surface area contributed by atoms with Gasteiger partial charge in [0, 0.05) is 25.8 Å². The molecule has 1 aromatic rings. The summed E-state index contributed by atoms with van der Waals surface area (Å²) in [5, 5.41) is 6.84. The van der Waals surface area contributed by atoms with Gasteiger partial charge in [-0.2, -0.15) is 5.10 Å². The fraction of sp³-hybridized carbons (Fsp3) is 0.667. The molecule has 0 bridgehead atoms. The molecule has 20 heavy (non-hydrogen) atoms. The van der Waals surface area contributed by atoms with Crippen molar-refractivity contribution in [3.8, 4) is 0 Å². The molecule has 1 N–H and O–H groups in total. The first-order valence-electron chi connectivity index (χ1n) is 6.66. The van der Waals surface area contributed by atoms with Gasteiger partial charge in [0.05, 0.1) is 11.9 Å². The summed E-state index contributed by atoms with van der Waals surface area (Å²) < 4.78 is 26.2. The van der Waals surface area contributed by atoms with Gasteiger partial charge in [-0.05, 0) is 25.8 Å². The minimum Gasteiger partial charge on any atom is -0.353 e. The molecule has 1 atom stereocenters. The normalized spacial score (nSPS) is 19.9. The van der Waals surface area contributed by atoms with Crippen LogP contribution >= 0.6 is 0 Å². The van der Waals surface area contributed by atoms with Crippen LogP contribution in [0.4, 0.5) is 0 Å². The fourth-order valence-corrected chi connectivity index (χ4v) is 3.69. The van der Waals surface area contributed by atoms with Gasteiger partial charge < -0.3 is 5.32 Å². The molecule has 0 saturated carbocycles. The largest absolute Gasteiger partial charge is 0.353 e. The van der Waals surface area contributed by atoms with Crippen molar-refractivity contribution in [1.29, 1.82) is 0 Å². The van der Waals surface area contributed by atoms with E-state index in [-0.39, 0.29) is 11.7 Å². The predicted molar refractivity (Wildman–Crippen MR) is 74.7 cm³/mol. The average molecular weight is 300 g/mol. The maximum absolute atomic E-state index is 11.9. The summed E-state index contributed by atoms with van der Waals surface area (Å²) in [7, 11) is -3.09. The molecule has 8 heteroatoms. The zero-order valence-corrected chi connectivity index (χ0v) is 12.6. The molecule has 0 aromatic carbocycles. The molecule has 1 fully saturated rings. The lowest BCUT2D eigenvalue weighted by Crippen LogP contribution is -2.38. The Hall–Kier alpha value is -1.41. The van der Waals surface area contributed by atoms with Crippen LogP contribution in [-0.2, 0) is 14.8 Å². The molecular formula is C12H20N4O3S. The number of carbonyl (C=O) groups excluding carboxylic acids is 1. The quantitative estimate of drug-likeness (QED) is 0.823. The highest BCUT2D eigenvalue weighted by molar-refractivity contribution is 7.89. The van der Waals surface area contributed by atoms with E-state index in [9.17, 15) is 13.2 Å². The topological polar surface area (TPSA) is 84.3 Å². The number of hydrogen-bond acceptors (Lipinski definition) is 4. The Morgan fingerprint density at radius 1 is 1.55 bits per heavy atom. The number of hydrogen-bond donors (Lipinski definition) is 1. The Morgan fingerprint density at radius 3 is 2.85 bits per heavy atom. The number of aromatic nitrogens is 2. The monoisotopic (exact) mass is 300 g/mol. The van der Waals surface area contributed by atoms with Gasteiger partial charge in [-0.1, -0.05) is 0 Å². The third-order valence-corrected chi connectivity index (χ3v) is 5.33. The Labute approximate surface area is 119 Å². The lowest BCUT2D eigenvalue weighted by Gasteiger charge is -2.16. The first-order chi connectivity index (χ1) is 9.40. The third-order valence-electron chi connectivity index (χ3n) is 3.37. The van der Waals surface area contributed by atoms with Crippen molar-refractivity contribution < 1.29 is 13.2 Å². The zero-order chi connectivity index (χ0) is 14.8. The van der Waals surface area contributed by atoms with E-state index < -0.39 is 16.1 Å². The highest BCUT2D eigenvalue weighted by Crippen LogP contribution is 2.12. The summed E-state index contributed by atoms with van der Waals surface area (Å²) in [6, 6.07) is -0.404. The fourth-order valence-electron chi connectivity index (χ4n) is 2.16. The first-order valence-corrected chi connectivity index (χ1v) is 8.27. The van der Waals surface area contributed by atoms with E-state index >= 15 is 0 Å². The van der Waals surface area contributed by atoms with Gasteiger partial charge in [-0.25, -0.2) is 12.7 Å². The van der Waals surface area contributed by atoms with E-state index in [0.717, 1.165) is 5.56 Å². The number of sulfonamides is 1. The summed E-state index contributed by atoms with van der Waals surface area (Å²) >= 11 is 0. The van der Waals surface area contributed by atoms with E-state index in [2.05, 4.69) is 10.4 Å². The average Bonchev–Trinajstić information content (AvgIpc) is 2.95. The second-order valence-corrected chi connectivity index (χ2v) is 7.12. The van der Waals surface area contributed by atoms with Crippen LogP contribution in [0.1, 0.15) is 24.9 Å². The van der Waals surface area contributed by atoms with Crippen LogP contribution in [-0.4, -0.2) is 53.8 Å². The molecule has 7 nitrogen and oxygen atoms in total. The molecule has 1 aromatic heterocycles. The third kappa shape index (κ3) is 3.37. The summed E-state index contributed by atoms with van der Waals surface area (Å²) in [5.74, 6) is 0.0499. The molecule has 1 amide bonds. The van der Waals surface area contributed by atoms with Crippen molar-refractivity contribution >= 4 is 15.9 Å². The molecule has 1 saturated heterocycles. The van der Waals surface area contributed by atoms with Gasteiger partial charge in [0.15, 0.2) is 0 Å². The van der Waals surface area contributed by atoms with Crippen LogP contribution in [0.25, 0.3) is 0 Å². The van der Waals surface area contributed by atoms with Crippen LogP contribution in [0.5, 0.6) is 0 Å². The number of nitrogens with zero attached hydrogens (tertiary/aromatic N) is 3. The van der Waals surface area contributed by atoms with E-state index in [1.807, 2.05) is 6.92 Å². The smallest absolute Gasteiger partial charge is 0.244 e. The Balaban J connectivity index is 1.81. The maximum Gasteiger partial charge on any atom is 0.244 e. The summed E-state index contributed by atoms with van der Waals surface area (Å²) in [4.78, 5) is 11.9. The van der Waals surface area contributed by atoms with Crippen LogP contribution in [0.2, 0.25) is 0 Å².